The third kappa shape index (κ3) is 2.19. The molecule has 1 heterocycles. The van der Waals surface area contributed by atoms with Gasteiger partial charge in [-0.15, -0.1) is 24.2 Å². The fourth-order valence-corrected chi connectivity index (χ4v) is 5.03. The van der Waals surface area contributed by atoms with Gasteiger partial charge < -0.3 is 5.32 Å². The Morgan fingerprint density at radius 2 is 2.17 bits per heavy atom. The van der Waals surface area contributed by atoms with E-state index < -0.39 is 0 Å². The lowest BCUT2D eigenvalue weighted by Gasteiger charge is -2.49. The maximum Gasteiger partial charge on any atom is 0.0482 e. The van der Waals surface area contributed by atoms with Crippen molar-refractivity contribution < 1.29 is 0 Å². The molecule has 1 aromatic rings. The Bertz CT molecular complexity index is 405. The first-order chi connectivity index (χ1) is 8.37. The van der Waals surface area contributed by atoms with E-state index >= 15 is 0 Å². The van der Waals surface area contributed by atoms with E-state index in [0.717, 1.165) is 12.5 Å². The number of benzene rings is 1. The van der Waals surface area contributed by atoms with Crippen molar-refractivity contribution in [1.82, 2.24) is 5.32 Å². The SMILES string of the molecule is CCNC12CCCCC1CSc1ccccc12.Cl. The first kappa shape index (κ1) is 14.2. The number of halogens is 1. The van der Waals surface area contributed by atoms with Crippen molar-refractivity contribution in [2.45, 2.75) is 43.0 Å². The minimum absolute atomic E-state index is 0. The van der Waals surface area contributed by atoms with E-state index in [4.69, 9.17) is 0 Å². The van der Waals surface area contributed by atoms with Gasteiger partial charge in [-0.1, -0.05) is 38.0 Å². The molecule has 1 aliphatic carbocycles. The second-order valence-corrected chi connectivity index (χ2v) is 6.31. The standard InChI is InChI=1S/C15H21NS.ClH/c1-2-16-15-10-6-5-7-12(15)11-17-14-9-4-3-8-13(14)15;/h3-4,8-9,12,16H,2,5-7,10-11H2,1H3;1H. The highest BCUT2D eigenvalue weighted by atomic mass is 35.5. The van der Waals surface area contributed by atoms with Gasteiger partial charge in [0.2, 0.25) is 0 Å². The molecular weight excluding hydrogens is 262 g/mol. The summed E-state index contributed by atoms with van der Waals surface area (Å²) < 4.78 is 0. The van der Waals surface area contributed by atoms with E-state index in [2.05, 4.69) is 48.3 Å². The molecule has 0 amide bonds. The third-order valence-corrected chi connectivity index (χ3v) is 5.61. The zero-order chi connectivity index (χ0) is 11.7. The van der Waals surface area contributed by atoms with Crippen LogP contribution in [0, 0.1) is 5.92 Å². The molecule has 1 nitrogen and oxygen atoms in total. The molecule has 1 aliphatic heterocycles. The van der Waals surface area contributed by atoms with Gasteiger partial charge in [-0.05, 0) is 36.9 Å². The predicted octanol–water partition coefficient (Wildman–Crippen LogP) is 4.21. The van der Waals surface area contributed by atoms with Gasteiger partial charge in [0.1, 0.15) is 0 Å². The molecule has 2 atom stereocenters. The minimum Gasteiger partial charge on any atom is -0.307 e. The molecule has 0 spiro atoms. The Labute approximate surface area is 121 Å². The molecule has 1 saturated carbocycles. The van der Waals surface area contributed by atoms with Crippen molar-refractivity contribution in [3.63, 3.8) is 0 Å². The summed E-state index contributed by atoms with van der Waals surface area (Å²) in [6, 6.07) is 9.02. The van der Waals surface area contributed by atoms with Crippen LogP contribution in [0.3, 0.4) is 0 Å². The number of rotatable bonds is 2. The Kier molecular flexibility index (Phi) is 4.63. The fraction of sp³-hybridized carbons (Fsp3) is 0.600. The van der Waals surface area contributed by atoms with Gasteiger partial charge in [0, 0.05) is 16.2 Å². The predicted molar refractivity (Wildman–Crippen MR) is 81.7 cm³/mol. The van der Waals surface area contributed by atoms with Crippen molar-refractivity contribution in [2.75, 3.05) is 12.3 Å². The summed E-state index contributed by atoms with van der Waals surface area (Å²) in [6.45, 7) is 3.32. The first-order valence-corrected chi connectivity index (χ1v) is 7.83. The maximum absolute atomic E-state index is 3.84. The van der Waals surface area contributed by atoms with Crippen LogP contribution in [0.15, 0.2) is 29.2 Å². The van der Waals surface area contributed by atoms with Gasteiger partial charge in [0.25, 0.3) is 0 Å². The summed E-state index contributed by atoms with van der Waals surface area (Å²) in [5.41, 5.74) is 1.86. The number of nitrogens with one attached hydrogen (secondary N) is 1. The average molecular weight is 284 g/mol. The summed E-state index contributed by atoms with van der Waals surface area (Å²) in [5, 5.41) is 3.84. The highest BCUT2D eigenvalue weighted by molar-refractivity contribution is 7.99. The van der Waals surface area contributed by atoms with Gasteiger partial charge >= 0.3 is 0 Å². The average Bonchev–Trinajstić information content (AvgIpc) is 2.39. The lowest BCUT2D eigenvalue weighted by Crippen LogP contribution is -2.52. The summed E-state index contributed by atoms with van der Waals surface area (Å²) in [7, 11) is 0. The van der Waals surface area contributed by atoms with Crippen LogP contribution in [0.2, 0.25) is 0 Å². The zero-order valence-electron chi connectivity index (χ0n) is 10.9. The molecule has 0 saturated heterocycles. The van der Waals surface area contributed by atoms with E-state index in [9.17, 15) is 0 Å². The molecule has 3 heteroatoms. The van der Waals surface area contributed by atoms with E-state index in [1.165, 1.54) is 36.3 Å². The van der Waals surface area contributed by atoms with Gasteiger partial charge in [-0.3, -0.25) is 0 Å². The largest absolute Gasteiger partial charge is 0.307 e. The molecule has 1 fully saturated rings. The van der Waals surface area contributed by atoms with Crippen LogP contribution in [-0.4, -0.2) is 12.3 Å². The molecule has 0 radical (unpaired) electrons. The number of fused-ring (bicyclic) bond motifs is 3. The van der Waals surface area contributed by atoms with Crippen molar-refractivity contribution in [3.05, 3.63) is 29.8 Å². The van der Waals surface area contributed by atoms with Crippen LogP contribution in [0.1, 0.15) is 38.2 Å². The van der Waals surface area contributed by atoms with Crippen LogP contribution >= 0.6 is 24.2 Å². The zero-order valence-corrected chi connectivity index (χ0v) is 12.6. The first-order valence-electron chi connectivity index (χ1n) is 6.84. The van der Waals surface area contributed by atoms with E-state index in [1.54, 1.807) is 5.56 Å². The molecular formula is C15H22ClNS. The Morgan fingerprint density at radius 3 is 3.00 bits per heavy atom. The highest BCUT2D eigenvalue weighted by Crippen LogP contribution is 2.50. The van der Waals surface area contributed by atoms with E-state index in [1.807, 2.05) is 0 Å². The van der Waals surface area contributed by atoms with Gasteiger partial charge in [-0.2, -0.15) is 0 Å². The Balaban J connectivity index is 0.00000120. The van der Waals surface area contributed by atoms with Crippen LogP contribution < -0.4 is 5.32 Å². The molecule has 1 N–H and O–H groups in total. The Morgan fingerprint density at radius 1 is 1.33 bits per heavy atom. The second-order valence-electron chi connectivity index (χ2n) is 5.25. The molecule has 2 unspecified atom stereocenters. The topological polar surface area (TPSA) is 12.0 Å². The number of thioether (sulfide) groups is 1. The molecule has 100 valence electrons. The summed E-state index contributed by atoms with van der Waals surface area (Å²) in [4.78, 5) is 1.51. The fourth-order valence-electron chi connectivity index (χ4n) is 3.62. The maximum atomic E-state index is 3.84. The lowest BCUT2D eigenvalue weighted by atomic mass is 9.69. The van der Waals surface area contributed by atoms with Crippen LogP contribution in [-0.2, 0) is 5.54 Å². The smallest absolute Gasteiger partial charge is 0.0482 e. The molecule has 1 aromatic carbocycles. The normalized spacial score (nSPS) is 29.9. The van der Waals surface area contributed by atoms with E-state index in [0.29, 0.717) is 0 Å². The van der Waals surface area contributed by atoms with Crippen molar-refractivity contribution in [3.8, 4) is 0 Å². The molecule has 18 heavy (non-hydrogen) atoms. The highest BCUT2D eigenvalue weighted by Gasteiger charge is 2.44. The van der Waals surface area contributed by atoms with Crippen LogP contribution in [0.5, 0.6) is 0 Å². The number of hydrogen-bond acceptors (Lipinski definition) is 2. The summed E-state index contributed by atoms with van der Waals surface area (Å²) in [5.74, 6) is 2.13. The quantitative estimate of drug-likeness (QED) is 0.873. The molecule has 0 aromatic heterocycles. The van der Waals surface area contributed by atoms with Gasteiger partial charge in [-0.25, -0.2) is 0 Å². The monoisotopic (exact) mass is 283 g/mol. The Hall–Kier alpha value is -0.180. The van der Waals surface area contributed by atoms with Gasteiger partial charge in [0.15, 0.2) is 0 Å². The van der Waals surface area contributed by atoms with Gasteiger partial charge in [0.05, 0.1) is 0 Å². The molecule has 2 aliphatic rings. The van der Waals surface area contributed by atoms with Crippen molar-refractivity contribution in [1.29, 1.82) is 0 Å². The van der Waals surface area contributed by atoms with Crippen LogP contribution in [0.25, 0.3) is 0 Å². The minimum atomic E-state index is 0. The molecule has 3 rings (SSSR count). The van der Waals surface area contributed by atoms with Crippen molar-refractivity contribution >= 4 is 24.2 Å². The summed E-state index contributed by atoms with van der Waals surface area (Å²) >= 11 is 2.06. The van der Waals surface area contributed by atoms with E-state index in [-0.39, 0.29) is 17.9 Å². The summed E-state index contributed by atoms with van der Waals surface area (Å²) in [6.07, 6.45) is 5.51. The number of hydrogen-bond donors (Lipinski definition) is 1. The lowest BCUT2D eigenvalue weighted by molar-refractivity contribution is 0.154. The third-order valence-electron chi connectivity index (χ3n) is 4.37. The molecule has 0 bridgehead atoms. The van der Waals surface area contributed by atoms with Crippen molar-refractivity contribution in [2.24, 2.45) is 5.92 Å². The second kappa shape index (κ2) is 5.85. The van der Waals surface area contributed by atoms with Crippen LogP contribution in [0.4, 0.5) is 0 Å².